The van der Waals surface area contributed by atoms with E-state index in [4.69, 9.17) is 5.73 Å². The fourth-order valence-electron chi connectivity index (χ4n) is 2.41. The normalized spacial score (nSPS) is 12.5. The Balaban J connectivity index is 2.53. The van der Waals surface area contributed by atoms with E-state index in [1.54, 1.807) is 6.07 Å². The summed E-state index contributed by atoms with van der Waals surface area (Å²) in [6.45, 7) is 5.79. The van der Waals surface area contributed by atoms with Crippen molar-refractivity contribution in [2.75, 3.05) is 0 Å². The summed E-state index contributed by atoms with van der Waals surface area (Å²) in [5, 5.41) is 0. The van der Waals surface area contributed by atoms with E-state index in [1.165, 1.54) is 0 Å². The third-order valence-electron chi connectivity index (χ3n) is 3.32. The standard InChI is InChI=1S/C16H18FN/c1-10-8-12(3)15(14(17)9-10)16(18)13-7-5-4-6-11(13)2/h4-9,16H,18H2,1-3H3. The minimum absolute atomic E-state index is 0.219. The number of aryl methyl sites for hydroxylation is 3. The summed E-state index contributed by atoms with van der Waals surface area (Å²) in [4.78, 5) is 0. The van der Waals surface area contributed by atoms with Crippen LogP contribution >= 0.6 is 0 Å². The van der Waals surface area contributed by atoms with Crippen molar-refractivity contribution in [3.05, 3.63) is 70.0 Å². The first kappa shape index (κ1) is 12.8. The van der Waals surface area contributed by atoms with Crippen molar-refractivity contribution in [2.24, 2.45) is 5.73 Å². The number of nitrogens with two attached hydrogens (primary N) is 1. The maximum Gasteiger partial charge on any atom is 0.128 e. The molecule has 0 bridgehead atoms. The van der Waals surface area contributed by atoms with Gasteiger partial charge < -0.3 is 5.73 Å². The molecule has 18 heavy (non-hydrogen) atoms. The van der Waals surface area contributed by atoms with Gasteiger partial charge in [0, 0.05) is 5.56 Å². The maximum atomic E-state index is 14.1. The van der Waals surface area contributed by atoms with Crippen molar-refractivity contribution in [2.45, 2.75) is 26.8 Å². The fourth-order valence-corrected chi connectivity index (χ4v) is 2.41. The Labute approximate surface area is 107 Å². The lowest BCUT2D eigenvalue weighted by Crippen LogP contribution is -2.16. The number of hydrogen-bond acceptors (Lipinski definition) is 1. The highest BCUT2D eigenvalue weighted by molar-refractivity contribution is 5.42. The van der Waals surface area contributed by atoms with Gasteiger partial charge in [-0.2, -0.15) is 0 Å². The predicted octanol–water partition coefficient (Wildman–Crippen LogP) is 3.80. The quantitative estimate of drug-likeness (QED) is 0.853. The molecule has 1 atom stereocenters. The third kappa shape index (κ3) is 2.29. The first-order valence-electron chi connectivity index (χ1n) is 6.08. The van der Waals surface area contributed by atoms with Crippen molar-refractivity contribution in [1.82, 2.24) is 0 Å². The van der Waals surface area contributed by atoms with Crippen LogP contribution < -0.4 is 5.73 Å². The molecule has 2 rings (SSSR count). The molecule has 1 unspecified atom stereocenters. The molecule has 0 spiro atoms. The molecule has 2 aromatic carbocycles. The van der Waals surface area contributed by atoms with Crippen LogP contribution in [0, 0.1) is 26.6 Å². The number of rotatable bonds is 2. The van der Waals surface area contributed by atoms with Crippen LogP contribution in [0.15, 0.2) is 36.4 Å². The average molecular weight is 243 g/mol. The van der Waals surface area contributed by atoms with Gasteiger partial charge in [0.1, 0.15) is 5.82 Å². The van der Waals surface area contributed by atoms with E-state index in [0.29, 0.717) is 5.56 Å². The second-order valence-corrected chi connectivity index (χ2v) is 4.81. The molecular formula is C16H18FN. The lowest BCUT2D eigenvalue weighted by Gasteiger charge is -2.18. The second kappa shape index (κ2) is 4.91. The summed E-state index contributed by atoms with van der Waals surface area (Å²) in [6, 6.07) is 11.0. The first-order valence-corrected chi connectivity index (χ1v) is 6.08. The molecule has 94 valence electrons. The van der Waals surface area contributed by atoms with Crippen LogP contribution in [-0.4, -0.2) is 0 Å². The van der Waals surface area contributed by atoms with Crippen LogP contribution in [0.5, 0.6) is 0 Å². The number of benzene rings is 2. The van der Waals surface area contributed by atoms with Gasteiger partial charge in [-0.15, -0.1) is 0 Å². The highest BCUT2D eigenvalue weighted by atomic mass is 19.1. The van der Waals surface area contributed by atoms with Crippen LogP contribution in [0.1, 0.15) is 33.9 Å². The van der Waals surface area contributed by atoms with Crippen LogP contribution in [0.4, 0.5) is 4.39 Å². The molecule has 0 aromatic heterocycles. The molecule has 2 heteroatoms. The third-order valence-corrected chi connectivity index (χ3v) is 3.32. The largest absolute Gasteiger partial charge is 0.320 e. The van der Waals surface area contributed by atoms with E-state index in [-0.39, 0.29) is 5.82 Å². The van der Waals surface area contributed by atoms with E-state index < -0.39 is 6.04 Å². The summed E-state index contributed by atoms with van der Waals surface area (Å²) < 4.78 is 14.1. The molecule has 0 radical (unpaired) electrons. The smallest absolute Gasteiger partial charge is 0.128 e. The van der Waals surface area contributed by atoms with Crippen molar-refractivity contribution < 1.29 is 4.39 Å². The summed E-state index contributed by atoms with van der Waals surface area (Å²) in [5.41, 5.74) is 10.7. The molecule has 0 saturated carbocycles. The highest BCUT2D eigenvalue weighted by Crippen LogP contribution is 2.28. The average Bonchev–Trinajstić information content (AvgIpc) is 2.27. The molecule has 0 aliphatic rings. The lowest BCUT2D eigenvalue weighted by molar-refractivity contribution is 0.595. The highest BCUT2D eigenvalue weighted by Gasteiger charge is 2.17. The summed E-state index contributed by atoms with van der Waals surface area (Å²) in [6.07, 6.45) is 0. The molecule has 0 aliphatic carbocycles. The fraction of sp³-hybridized carbons (Fsp3) is 0.250. The Bertz CT molecular complexity index is 552. The molecule has 0 aliphatic heterocycles. The Morgan fingerprint density at radius 2 is 1.67 bits per heavy atom. The van der Waals surface area contributed by atoms with E-state index in [9.17, 15) is 4.39 Å². The van der Waals surface area contributed by atoms with Gasteiger partial charge in [-0.3, -0.25) is 0 Å². The van der Waals surface area contributed by atoms with Crippen LogP contribution in [-0.2, 0) is 0 Å². The molecule has 2 N–H and O–H groups in total. The summed E-state index contributed by atoms with van der Waals surface area (Å²) in [7, 11) is 0. The molecule has 0 heterocycles. The Morgan fingerprint density at radius 3 is 2.28 bits per heavy atom. The van der Waals surface area contributed by atoms with Gasteiger partial charge in [0.05, 0.1) is 6.04 Å². The first-order chi connectivity index (χ1) is 8.50. The SMILES string of the molecule is Cc1cc(C)c(C(N)c2ccccc2C)c(F)c1. The molecule has 1 nitrogen and oxygen atoms in total. The van der Waals surface area contributed by atoms with Gasteiger partial charge in [0.25, 0.3) is 0 Å². The zero-order valence-corrected chi connectivity index (χ0v) is 11.0. The molecular weight excluding hydrogens is 225 g/mol. The summed E-state index contributed by atoms with van der Waals surface area (Å²) in [5.74, 6) is -0.219. The minimum Gasteiger partial charge on any atom is -0.320 e. The Kier molecular flexibility index (Phi) is 3.48. The monoisotopic (exact) mass is 243 g/mol. The second-order valence-electron chi connectivity index (χ2n) is 4.81. The number of halogens is 1. The minimum atomic E-state index is -0.410. The number of hydrogen-bond donors (Lipinski definition) is 1. The van der Waals surface area contributed by atoms with Gasteiger partial charge in [-0.25, -0.2) is 4.39 Å². The maximum absolute atomic E-state index is 14.1. The lowest BCUT2D eigenvalue weighted by atomic mass is 9.91. The van der Waals surface area contributed by atoms with Gasteiger partial charge >= 0.3 is 0 Å². The predicted molar refractivity (Wildman–Crippen MR) is 73.1 cm³/mol. The van der Waals surface area contributed by atoms with Crippen LogP contribution in [0.25, 0.3) is 0 Å². The Hall–Kier alpha value is -1.67. The molecule has 0 fully saturated rings. The molecule has 0 saturated heterocycles. The topological polar surface area (TPSA) is 26.0 Å². The summed E-state index contributed by atoms with van der Waals surface area (Å²) >= 11 is 0. The zero-order chi connectivity index (χ0) is 13.3. The van der Waals surface area contributed by atoms with E-state index in [1.807, 2.05) is 51.1 Å². The van der Waals surface area contributed by atoms with Gasteiger partial charge in [0.15, 0.2) is 0 Å². The van der Waals surface area contributed by atoms with E-state index >= 15 is 0 Å². The van der Waals surface area contributed by atoms with Crippen molar-refractivity contribution in [3.63, 3.8) is 0 Å². The zero-order valence-electron chi connectivity index (χ0n) is 11.0. The van der Waals surface area contributed by atoms with Crippen molar-refractivity contribution >= 4 is 0 Å². The van der Waals surface area contributed by atoms with Gasteiger partial charge in [-0.05, 0) is 49.1 Å². The van der Waals surface area contributed by atoms with Crippen molar-refractivity contribution in [1.29, 1.82) is 0 Å². The Morgan fingerprint density at radius 1 is 1.00 bits per heavy atom. The van der Waals surface area contributed by atoms with Gasteiger partial charge in [0.2, 0.25) is 0 Å². The van der Waals surface area contributed by atoms with E-state index in [2.05, 4.69) is 0 Å². The van der Waals surface area contributed by atoms with Crippen LogP contribution in [0.2, 0.25) is 0 Å². The van der Waals surface area contributed by atoms with Gasteiger partial charge in [-0.1, -0.05) is 30.3 Å². The molecule has 2 aromatic rings. The van der Waals surface area contributed by atoms with Crippen molar-refractivity contribution in [3.8, 4) is 0 Å². The molecule has 0 amide bonds. The van der Waals surface area contributed by atoms with Crippen LogP contribution in [0.3, 0.4) is 0 Å². The van der Waals surface area contributed by atoms with E-state index in [0.717, 1.165) is 22.3 Å².